The van der Waals surface area contributed by atoms with Crippen LogP contribution < -0.4 is 14.7 Å². The molecule has 0 saturated carbocycles. The highest BCUT2D eigenvalue weighted by Crippen LogP contribution is 2.38. The highest BCUT2D eigenvalue weighted by Gasteiger charge is 2.22. The van der Waals surface area contributed by atoms with Crippen LogP contribution in [0.25, 0.3) is 21.7 Å². The SMILES string of the molecule is COc1ccc(C(=O)c2coc3c2c(C[NH+](C)C)c([O-])c2ccccc23)cc1. The van der Waals surface area contributed by atoms with E-state index in [1.54, 1.807) is 37.4 Å². The lowest BCUT2D eigenvalue weighted by Gasteiger charge is -2.20. The summed E-state index contributed by atoms with van der Waals surface area (Å²) in [5.74, 6) is 0.457. The van der Waals surface area contributed by atoms with E-state index >= 15 is 0 Å². The molecule has 142 valence electrons. The third kappa shape index (κ3) is 2.90. The van der Waals surface area contributed by atoms with Crippen LogP contribution in [0.15, 0.2) is 59.2 Å². The van der Waals surface area contributed by atoms with Crippen LogP contribution in [0.5, 0.6) is 11.5 Å². The fourth-order valence-electron chi connectivity index (χ4n) is 3.60. The van der Waals surface area contributed by atoms with Gasteiger partial charge in [0.2, 0.25) is 0 Å². The van der Waals surface area contributed by atoms with Crippen molar-refractivity contribution in [3.63, 3.8) is 0 Å². The molecule has 1 aromatic heterocycles. The lowest BCUT2D eigenvalue weighted by Crippen LogP contribution is -3.04. The number of hydrogen-bond donors (Lipinski definition) is 1. The van der Waals surface area contributed by atoms with Gasteiger partial charge in [-0.05, 0) is 29.7 Å². The van der Waals surface area contributed by atoms with E-state index in [2.05, 4.69) is 0 Å². The van der Waals surface area contributed by atoms with E-state index in [1.807, 2.05) is 32.3 Å². The minimum absolute atomic E-state index is 0.0468. The average Bonchev–Trinajstić information content (AvgIpc) is 3.15. The fraction of sp³-hybridized carbons (Fsp3) is 0.174. The fourth-order valence-corrected chi connectivity index (χ4v) is 3.60. The van der Waals surface area contributed by atoms with Crippen molar-refractivity contribution >= 4 is 27.5 Å². The maximum Gasteiger partial charge on any atom is 0.196 e. The highest BCUT2D eigenvalue weighted by atomic mass is 16.5. The molecule has 0 amide bonds. The monoisotopic (exact) mass is 375 g/mol. The number of methoxy groups -OCH3 is 1. The molecule has 0 atom stereocenters. The van der Waals surface area contributed by atoms with Crippen molar-refractivity contribution in [2.24, 2.45) is 0 Å². The molecule has 5 heteroatoms. The van der Waals surface area contributed by atoms with Gasteiger partial charge in [0, 0.05) is 21.9 Å². The number of fused-ring (bicyclic) bond motifs is 3. The van der Waals surface area contributed by atoms with Crippen molar-refractivity contribution in [2.75, 3.05) is 21.2 Å². The Hall–Kier alpha value is -3.31. The summed E-state index contributed by atoms with van der Waals surface area (Å²) in [4.78, 5) is 14.3. The summed E-state index contributed by atoms with van der Waals surface area (Å²) in [5, 5.41) is 15.1. The van der Waals surface area contributed by atoms with Gasteiger partial charge in [0.25, 0.3) is 0 Å². The predicted molar refractivity (Wildman–Crippen MR) is 106 cm³/mol. The summed E-state index contributed by atoms with van der Waals surface area (Å²) in [6, 6.07) is 14.3. The van der Waals surface area contributed by atoms with Gasteiger partial charge in [-0.15, -0.1) is 0 Å². The molecule has 0 unspecified atom stereocenters. The Kier molecular flexibility index (Phi) is 4.53. The number of nitrogens with one attached hydrogen (secondary N) is 1. The number of rotatable bonds is 5. The number of furan rings is 1. The number of ether oxygens (including phenoxy) is 1. The molecule has 0 radical (unpaired) electrons. The Balaban J connectivity index is 1.97. The van der Waals surface area contributed by atoms with Crippen LogP contribution in [0.3, 0.4) is 0 Å². The maximum atomic E-state index is 13.2. The first-order valence-electron chi connectivity index (χ1n) is 9.10. The van der Waals surface area contributed by atoms with Crippen molar-refractivity contribution in [3.8, 4) is 11.5 Å². The lowest BCUT2D eigenvalue weighted by atomic mass is 9.95. The van der Waals surface area contributed by atoms with Crippen LogP contribution in [0.1, 0.15) is 21.5 Å². The molecule has 0 bridgehead atoms. The lowest BCUT2D eigenvalue weighted by molar-refractivity contribution is -0.872. The minimum atomic E-state index is -0.175. The predicted octanol–water partition coefficient (Wildman–Crippen LogP) is 2.54. The van der Waals surface area contributed by atoms with Crippen LogP contribution in [-0.4, -0.2) is 27.0 Å². The second kappa shape index (κ2) is 7.02. The van der Waals surface area contributed by atoms with Gasteiger partial charge in [0.15, 0.2) is 5.78 Å². The number of hydrogen-bond acceptors (Lipinski definition) is 4. The van der Waals surface area contributed by atoms with Gasteiger partial charge < -0.3 is 19.2 Å². The molecule has 5 nitrogen and oxygen atoms in total. The molecule has 1 N–H and O–H groups in total. The first-order chi connectivity index (χ1) is 13.5. The van der Waals surface area contributed by atoms with Gasteiger partial charge in [0.1, 0.15) is 24.1 Å². The molecule has 4 aromatic rings. The molecule has 28 heavy (non-hydrogen) atoms. The maximum absolute atomic E-state index is 13.2. The standard InChI is InChI=1S/C23H21NO4/c1-24(2)12-18-20-19(21(25)14-8-10-15(27-3)11-9-14)13-28-23(20)17-7-5-4-6-16(17)22(18)26/h4-11,13,26H,12H2,1-3H3. The van der Waals surface area contributed by atoms with Crippen LogP contribution >= 0.6 is 0 Å². The van der Waals surface area contributed by atoms with Gasteiger partial charge in [-0.2, -0.15) is 0 Å². The molecule has 0 fully saturated rings. The first-order valence-corrected chi connectivity index (χ1v) is 9.10. The summed E-state index contributed by atoms with van der Waals surface area (Å²) >= 11 is 0. The van der Waals surface area contributed by atoms with E-state index < -0.39 is 0 Å². The van der Waals surface area contributed by atoms with Gasteiger partial charge in [0.05, 0.1) is 26.8 Å². The Labute approximate surface area is 162 Å². The normalized spacial score (nSPS) is 11.4. The van der Waals surface area contributed by atoms with Crippen LogP contribution in [0.4, 0.5) is 0 Å². The highest BCUT2D eigenvalue weighted by molar-refractivity contribution is 6.21. The van der Waals surface area contributed by atoms with E-state index in [0.29, 0.717) is 45.3 Å². The van der Waals surface area contributed by atoms with E-state index in [9.17, 15) is 9.90 Å². The molecule has 1 heterocycles. The smallest absolute Gasteiger partial charge is 0.196 e. The number of quaternary nitrogens is 1. The average molecular weight is 375 g/mol. The number of benzene rings is 3. The Morgan fingerprint density at radius 3 is 2.39 bits per heavy atom. The van der Waals surface area contributed by atoms with Gasteiger partial charge in [-0.25, -0.2) is 0 Å². The molecule has 0 aliphatic rings. The largest absolute Gasteiger partial charge is 0.872 e. The van der Waals surface area contributed by atoms with Gasteiger partial charge >= 0.3 is 0 Å². The molecular formula is C23H21NO4. The van der Waals surface area contributed by atoms with Gasteiger partial charge in [-0.1, -0.05) is 30.0 Å². The third-order valence-corrected chi connectivity index (χ3v) is 4.91. The Bertz CT molecular complexity index is 1170. The topological polar surface area (TPSA) is 66.9 Å². The zero-order valence-corrected chi connectivity index (χ0v) is 16.0. The van der Waals surface area contributed by atoms with Crippen molar-refractivity contribution in [2.45, 2.75) is 6.54 Å². The summed E-state index contributed by atoms with van der Waals surface area (Å²) in [6.07, 6.45) is 1.47. The zero-order valence-electron chi connectivity index (χ0n) is 16.0. The van der Waals surface area contributed by atoms with Crippen molar-refractivity contribution in [1.82, 2.24) is 0 Å². The Morgan fingerprint density at radius 2 is 1.75 bits per heavy atom. The summed E-state index contributed by atoms with van der Waals surface area (Å²) in [7, 11) is 5.54. The number of ketones is 1. The van der Waals surface area contributed by atoms with Crippen LogP contribution in [0, 0.1) is 0 Å². The van der Waals surface area contributed by atoms with Crippen LogP contribution in [-0.2, 0) is 6.54 Å². The summed E-state index contributed by atoms with van der Waals surface area (Å²) in [6.45, 7) is 0.503. The van der Waals surface area contributed by atoms with E-state index in [4.69, 9.17) is 9.15 Å². The molecular weight excluding hydrogens is 354 g/mol. The first kappa shape index (κ1) is 18.1. The van der Waals surface area contributed by atoms with E-state index in [1.165, 1.54) is 6.26 Å². The minimum Gasteiger partial charge on any atom is -0.872 e. The van der Waals surface area contributed by atoms with Crippen molar-refractivity contribution in [1.29, 1.82) is 0 Å². The third-order valence-electron chi connectivity index (χ3n) is 4.91. The van der Waals surface area contributed by atoms with E-state index in [0.717, 1.165) is 10.3 Å². The second-order valence-electron chi connectivity index (χ2n) is 7.15. The van der Waals surface area contributed by atoms with Gasteiger partial charge in [-0.3, -0.25) is 4.79 Å². The van der Waals surface area contributed by atoms with Crippen molar-refractivity contribution in [3.05, 3.63) is 71.5 Å². The summed E-state index contributed by atoms with van der Waals surface area (Å²) in [5.41, 5.74) is 2.13. The Morgan fingerprint density at radius 1 is 1.07 bits per heavy atom. The molecule has 4 rings (SSSR count). The molecule has 0 aliphatic heterocycles. The zero-order chi connectivity index (χ0) is 19.8. The number of carbonyl (C=O) groups excluding carboxylic acids is 1. The second-order valence-corrected chi connectivity index (χ2v) is 7.15. The quantitative estimate of drug-likeness (QED) is 0.545. The van der Waals surface area contributed by atoms with Crippen molar-refractivity contribution < 1.29 is 24.0 Å². The van der Waals surface area contributed by atoms with Crippen LogP contribution in [0.2, 0.25) is 0 Å². The van der Waals surface area contributed by atoms with E-state index in [-0.39, 0.29) is 11.5 Å². The molecule has 0 aliphatic carbocycles. The molecule has 3 aromatic carbocycles. The summed E-state index contributed by atoms with van der Waals surface area (Å²) < 4.78 is 11.0. The molecule has 0 saturated heterocycles. The molecule has 0 spiro atoms. The number of carbonyl (C=O) groups is 1.